The van der Waals surface area contributed by atoms with Crippen molar-refractivity contribution in [2.24, 2.45) is 5.92 Å². The summed E-state index contributed by atoms with van der Waals surface area (Å²) in [5.74, 6) is 0.429. The average Bonchev–Trinajstić information content (AvgIpc) is 2.47. The maximum absolute atomic E-state index is 5.80. The molecule has 2 aliphatic rings. The lowest BCUT2D eigenvalue weighted by molar-refractivity contribution is -0.140. The van der Waals surface area contributed by atoms with Crippen molar-refractivity contribution in [2.45, 2.75) is 45.0 Å². The van der Waals surface area contributed by atoms with E-state index in [0.717, 1.165) is 25.5 Å². The van der Waals surface area contributed by atoms with E-state index in [-0.39, 0.29) is 5.79 Å². The molecule has 2 saturated heterocycles. The van der Waals surface area contributed by atoms with Crippen LogP contribution in [0.1, 0.15) is 33.1 Å². The van der Waals surface area contributed by atoms with Gasteiger partial charge in [0.2, 0.25) is 0 Å². The van der Waals surface area contributed by atoms with Gasteiger partial charge < -0.3 is 14.8 Å². The molecule has 2 aliphatic heterocycles. The minimum absolute atomic E-state index is 0.315. The number of ether oxygens (including phenoxy) is 2. The highest BCUT2D eigenvalue weighted by atomic mass is 16.7. The van der Waals surface area contributed by atoms with Gasteiger partial charge in [0.05, 0.1) is 12.7 Å². The molecular formula is C11H21NO2. The molecule has 3 nitrogen and oxygen atoms in total. The van der Waals surface area contributed by atoms with E-state index in [0.29, 0.717) is 6.10 Å². The predicted octanol–water partition coefficient (Wildman–Crippen LogP) is 1.53. The molecule has 0 saturated carbocycles. The monoisotopic (exact) mass is 199 g/mol. The second-order valence-corrected chi connectivity index (χ2v) is 4.90. The molecule has 82 valence electrons. The van der Waals surface area contributed by atoms with Crippen molar-refractivity contribution < 1.29 is 9.47 Å². The Morgan fingerprint density at radius 3 is 2.86 bits per heavy atom. The van der Waals surface area contributed by atoms with E-state index in [1.165, 1.54) is 19.4 Å². The molecule has 0 bridgehead atoms. The van der Waals surface area contributed by atoms with Crippen LogP contribution in [0, 0.1) is 5.92 Å². The summed E-state index contributed by atoms with van der Waals surface area (Å²) in [5, 5.41) is 3.43. The first kappa shape index (κ1) is 10.4. The largest absolute Gasteiger partial charge is 0.348 e. The number of rotatable bonds is 2. The van der Waals surface area contributed by atoms with Crippen molar-refractivity contribution in [1.82, 2.24) is 5.32 Å². The van der Waals surface area contributed by atoms with Crippen LogP contribution in [0.4, 0.5) is 0 Å². The molecule has 1 N–H and O–H groups in total. The molecule has 0 aromatic carbocycles. The summed E-state index contributed by atoms with van der Waals surface area (Å²) >= 11 is 0. The summed E-state index contributed by atoms with van der Waals surface area (Å²) in [6, 6.07) is 0. The van der Waals surface area contributed by atoms with Gasteiger partial charge in [-0.3, -0.25) is 0 Å². The third kappa shape index (κ3) is 2.69. The van der Waals surface area contributed by atoms with Gasteiger partial charge in [0.25, 0.3) is 0 Å². The van der Waals surface area contributed by atoms with Crippen molar-refractivity contribution in [3.8, 4) is 0 Å². The first-order valence-electron chi connectivity index (χ1n) is 5.68. The SMILES string of the molecule is CC1(C)OCC(CC2CCCNC2)O1. The van der Waals surface area contributed by atoms with E-state index >= 15 is 0 Å². The fourth-order valence-corrected chi connectivity index (χ4v) is 2.38. The lowest BCUT2D eigenvalue weighted by Gasteiger charge is -2.25. The lowest BCUT2D eigenvalue weighted by Crippen LogP contribution is -2.32. The molecule has 0 aliphatic carbocycles. The van der Waals surface area contributed by atoms with E-state index in [9.17, 15) is 0 Å². The van der Waals surface area contributed by atoms with Crippen LogP contribution < -0.4 is 5.32 Å². The highest BCUT2D eigenvalue weighted by Gasteiger charge is 2.33. The Kier molecular flexibility index (Phi) is 3.10. The Balaban J connectivity index is 1.75. The quantitative estimate of drug-likeness (QED) is 0.731. The van der Waals surface area contributed by atoms with Gasteiger partial charge in [-0.1, -0.05) is 0 Å². The Hall–Kier alpha value is -0.120. The van der Waals surface area contributed by atoms with Crippen molar-refractivity contribution in [2.75, 3.05) is 19.7 Å². The standard InChI is InChI=1S/C11H21NO2/c1-11(2)13-8-10(14-11)6-9-4-3-5-12-7-9/h9-10,12H,3-8H2,1-2H3. The van der Waals surface area contributed by atoms with E-state index in [1.807, 2.05) is 13.8 Å². The molecule has 0 spiro atoms. The first-order chi connectivity index (χ1) is 6.66. The van der Waals surface area contributed by atoms with Crippen molar-refractivity contribution in [3.63, 3.8) is 0 Å². The number of piperidine rings is 1. The Morgan fingerprint density at radius 1 is 1.43 bits per heavy atom. The molecule has 2 heterocycles. The van der Waals surface area contributed by atoms with Gasteiger partial charge >= 0.3 is 0 Å². The molecule has 0 aromatic heterocycles. The van der Waals surface area contributed by atoms with Gasteiger partial charge in [0, 0.05) is 0 Å². The maximum atomic E-state index is 5.80. The summed E-state index contributed by atoms with van der Waals surface area (Å²) in [7, 11) is 0. The highest BCUT2D eigenvalue weighted by molar-refractivity contribution is 4.77. The zero-order valence-corrected chi connectivity index (χ0v) is 9.21. The van der Waals surface area contributed by atoms with Crippen LogP contribution in [0.5, 0.6) is 0 Å². The van der Waals surface area contributed by atoms with E-state index < -0.39 is 0 Å². The molecule has 14 heavy (non-hydrogen) atoms. The summed E-state index contributed by atoms with van der Waals surface area (Å²) in [5.41, 5.74) is 0. The molecule has 0 amide bonds. The topological polar surface area (TPSA) is 30.5 Å². The molecule has 2 atom stereocenters. The fraction of sp³-hybridized carbons (Fsp3) is 1.00. The molecular weight excluding hydrogens is 178 g/mol. The molecule has 3 heteroatoms. The fourth-order valence-electron chi connectivity index (χ4n) is 2.38. The first-order valence-corrected chi connectivity index (χ1v) is 5.68. The highest BCUT2D eigenvalue weighted by Crippen LogP contribution is 2.27. The minimum Gasteiger partial charge on any atom is -0.348 e. The molecule has 2 unspecified atom stereocenters. The van der Waals surface area contributed by atoms with Crippen molar-refractivity contribution >= 4 is 0 Å². The van der Waals surface area contributed by atoms with Gasteiger partial charge in [-0.25, -0.2) is 0 Å². The molecule has 2 fully saturated rings. The Bertz CT molecular complexity index is 188. The summed E-state index contributed by atoms with van der Waals surface area (Å²) in [6.45, 7) is 7.09. The van der Waals surface area contributed by atoms with E-state index in [4.69, 9.17) is 9.47 Å². The Labute approximate surface area is 86.2 Å². The second-order valence-electron chi connectivity index (χ2n) is 4.90. The molecule has 0 radical (unpaired) electrons. The van der Waals surface area contributed by atoms with Gasteiger partial charge in [-0.2, -0.15) is 0 Å². The van der Waals surface area contributed by atoms with Gasteiger partial charge in [-0.05, 0) is 52.1 Å². The van der Waals surface area contributed by atoms with E-state index in [1.54, 1.807) is 0 Å². The van der Waals surface area contributed by atoms with Crippen LogP contribution in [-0.2, 0) is 9.47 Å². The predicted molar refractivity (Wildman–Crippen MR) is 55.1 cm³/mol. The lowest BCUT2D eigenvalue weighted by atomic mass is 9.94. The van der Waals surface area contributed by atoms with Crippen molar-refractivity contribution in [3.05, 3.63) is 0 Å². The van der Waals surface area contributed by atoms with Crippen molar-refractivity contribution in [1.29, 1.82) is 0 Å². The van der Waals surface area contributed by atoms with Gasteiger partial charge in [0.1, 0.15) is 0 Å². The Morgan fingerprint density at radius 2 is 2.29 bits per heavy atom. The van der Waals surface area contributed by atoms with E-state index in [2.05, 4.69) is 5.32 Å². The van der Waals surface area contributed by atoms with Crippen LogP contribution in [0.25, 0.3) is 0 Å². The maximum Gasteiger partial charge on any atom is 0.163 e. The second kappa shape index (κ2) is 4.17. The zero-order valence-electron chi connectivity index (χ0n) is 9.21. The van der Waals surface area contributed by atoms with Crippen LogP contribution in [0.3, 0.4) is 0 Å². The third-order valence-electron chi connectivity index (χ3n) is 3.06. The number of hydrogen-bond donors (Lipinski definition) is 1. The van der Waals surface area contributed by atoms with Crippen LogP contribution in [-0.4, -0.2) is 31.6 Å². The zero-order chi connectivity index (χ0) is 10.0. The smallest absolute Gasteiger partial charge is 0.163 e. The number of nitrogens with one attached hydrogen (secondary N) is 1. The van der Waals surface area contributed by atoms with Crippen LogP contribution in [0.15, 0.2) is 0 Å². The van der Waals surface area contributed by atoms with Gasteiger partial charge in [0.15, 0.2) is 5.79 Å². The normalized spacial score (nSPS) is 37.3. The summed E-state index contributed by atoms with van der Waals surface area (Å²) in [4.78, 5) is 0. The summed E-state index contributed by atoms with van der Waals surface area (Å²) < 4.78 is 11.4. The average molecular weight is 199 g/mol. The molecule has 2 rings (SSSR count). The third-order valence-corrected chi connectivity index (χ3v) is 3.06. The van der Waals surface area contributed by atoms with Crippen LogP contribution in [0.2, 0.25) is 0 Å². The van der Waals surface area contributed by atoms with Gasteiger partial charge in [-0.15, -0.1) is 0 Å². The number of hydrogen-bond acceptors (Lipinski definition) is 3. The van der Waals surface area contributed by atoms with Crippen LogP contribution >= 0.6 is 0 Å². The molecule has 0 aromatic rings. The summed E-state index contributed by atoms with van der Waals surface area (Å²) in [6.07, 6.45) is 4.11. The minimum atomic E-state index is -0.354.